The number of rotatable bonds is 1. The molecule has 0 aromatic heterocycles. The van der Waals surface area contributed by atoms with E-state index >= 15 is 0 Å². The molecule has 1 heterocycles. The van der Waals surface area contributed by atoms with Crippen LogP contribution in [-0.4, -0.2) is 21.4 Å². The van der Waals surface area contributed by atoms with E-state index < -0.39 is 15.9 Å². The highest BCUT2D eigenvalue weighted by Gasteiger charge is 2.36. The largest absolute Gasteiger partial charge is 0.495 e. The highest BCUT2D eigenvalue weighted by molar-refractivity contribution is 9.10. The number of sulfonamides is 1. The van der Waals surface area contributed by atoms with Crippen LogP contribution in [-0.2, 0) is 10.0 Å². The number of methoxy groups -OCH3 is 1. The first-order valence-corrected chi connectivity index (χ1v) is 6.18. The van der Waals surface area contributed by atoms with E-state index in [2.05, 4.69) is 15.9 Å². The Labute approximate surface area is 94.6 Å². The average molecular weight is 292 g/mol. The SMILES string of the molecule is COc1c(Br)ccc2c1C(=O)NS2(=O)=O. The summed E-state index contributed by atoms with van der Waals surface area (Å²) in [6.45, 7) is 0. The Balaban J connectivity index is 2.85. The molecule has 80 valence electrons. The van der Waals surface area contributed by atoms with Crippen LogP contribution >= 0.6 is 15.9 Å². The second kappa shape index (κ2) is 3.21. The van der Waals surface area contributed by atoms with Crippen LogP contribution in [0.4, 0.5) is 0 Å². The molecule has 7 heteroatoms. The third-order valence-electron chi connectivity index (χ3n) is 2.02. The Bertz CT molecular complexity index is 552. The van der Waals surface area contributed by atoms with Gasteiger partial charge in [-0.3, -0.25) is 4.79 Å². The molecule has 1 aromatic rings. The number of carbonyl (C=O) groups is 1. The molecule has 1 N–H and O–H groups in total. The zero-order chi connectivity index (χ0) is 11.2. The molecule has 5 nitrogen and oxygen atoms in total. The molecule has 1 aliphatic heterocycles. The molecule has 1 aliphatic rings. The van der Waals surface area contributed by atoms with Gasteiger partial charge in [0.1, 0.15) is 16.2 Å². The molecular weight excluding hydrogens is 286 g/mol. The van der Waals surface area contributed by atoms with E-state index in [4.69, 9.17) is 4.74 Å². The maximum atomic E-state index is 11.4. The van der Waals surface area contributed by atoms with Crippen LogP contribution < -0.4 is 9.46 Å². The van der Waals surface area contributed by atoms with Crippen molar-refractivity contribution in [2.45, 2.75) is 4.90 Å². The molecule has 0 atom stereocenters. The van der Waals surface area contributed by atoms with Gasteiger partial charge in [0.2, 0.25) is 0 Å². The Morgan fingerprint density at radius 1 is 1.40 bits per heavy atom. The predicted octanol–water partition coefficient (Wildman–Crippen LogP) is 0.890. The van der Waals surface area contributed by atoms with Gasteiger partial charge in [-0.2, -0.15) is 0 Å². The van der Waals surface area contributed by atoms with Gasteiger partial charge in [-0.15, -0.1) is 0 Å². The lowest BCUT2D eigenvalue weighted by Crippen LogP contribution is -2.20. The van der Waals surface area contributed by atoms with Crippen LogP contribution in [0.1, 0.15) is 10.4 Å². The van der Waals surface area contributed by atoms with Crippen molar-refractivity contribution < 1.29 is 17.9 Å². The summed E-state index contributed by atoms with van der Waals surface area (Å²) in [6.07, 6.45) is 0. The van der Waals surface area contributed by atoms with Gasteiger partial charge < -0.3 is 4.74 Å². The van der Waals surface area contributed by atoms with Crippen LogP contribution in [0.3, 0.4) is 0 Å². The highest BCUT2D eigenvalue weighted by Crippen LogP contribution is 2.36. The molecule has 2 rings (SSSR count). The fraction of sp³-hybridized carbons (Fsp3) is 0.125. The van der Waals surface area contributed by atoms with Crippen molar-refractivity contribution >= 4 is 31.9 Å². The van der Waals surface area contributed by atoms with Crippen molar-refractivity contribution in [3.63, 3.8) is 0 Å². The van der Waals surface area contributed by atoms with Crippen LogP contribution in [0.25, 0.3) is 0 Å². The van der Waals surface area contributed by atoms with Crippen molar-refractivity contribution in [2.24, 2.45) is 0 Å². The summed E-state index contributed by atoms with van der Waals surface area (Å²) in [6, 6.07) is 2.88. The first kappa shape index (κ1) is 10.4. The summed E-state index contributed by atoms with van der Waals surface area (Å²) in [5, 5.41) is 0. The van der Waals surface area contributed by atoms with E-state index in [0.29, 0.717) is 4.47 Å². The number of hydrogen-bond donors (Lipinski definition) is 1. The van der Waals surface area contributed by atoms with Crippen LogP contribution in [0.15, 0.2) is 21.5 Å². The molecule has 0 saturated carbocycles. The molecule has 0 bridgehead atoms. The predicted molar refractivity (Wildman–Crippen MR) is 55.3 cm³/mol. The first-order chi connectivity index (χ1) is 6.97. The molecule has 0 aliphatic carbocycles. The summed E-state index contributed by atoms with van der Waals surface area (Å²) >= 11 is 3.18. The normalized spacial score (nSPS) is 17.1. The number of benzene rings is 1. The second-order valence-corrected chi connectivity index (χ2v) is 5.39. The fourth-order valence-electron chi connectivity index (χ4n) is 1.41. The Kier molecular flexibility index (Phi) is 2.23. The summed E-state index contributed by atoms with van der Waals surface area (Å²) in [4.78, 5) is 11.4. The van der Waals surface area contributed by atoms with Crippen molar-refractivity contribution in [1.82, 2.24) is 4.72 Å². The molecule has 1 aromatic carbocycles. The molecule has 0 saturated heterocycles. The van der Waals surface area contributed by atoms with Crippen LogP contribution in [0.5, 0.6) is 5.75 Å². The number of nitrogens with one attached hydrogen (secondary N) is 1. The summed E-state index contributed by atoms with van der Waals surface area (Å²) in [5.74, 6) is -0.436. The number of amides is 1. The maximum absolute atomic E-state index is 11.4. The van der Waals surface area contributed by atoms with Gasteiger partial charge in [0.25, 0.3) is 15.9 Å². The third-order valence-corrected chi connectivity index (χ3v) is 4.02. The lowest BCUT2D eigenvalue weighted by atomic mass is 10.2. The lowest BCUT2D eigenvalue weighted by Gasteiger charge is -2.05. The number of hydrogen-bond acceptors (Lipinski definition) is 4. The van der Waals surface area contributed by atoms with E-state index in [0.717, 1.165) is 0 Å². The average Bonchev–Trinajstić information content (AvgIpc) is 2.37. The summed E-state index contributed by atoms with van der Waals surface area (Å²) in [7, 11) is -2.33. The number of halogens is 1. The summed E-state index contributed by atoms with van der Waals surface area (Å²) < 4.78 is 30.3. The van der Waals surface area contributed by atoms with Crippen LogP contribution in [0.2, 0.25) is 0 Å². The Morgan fingerprint density at radius 3 is 2.67 bits per heavy atom. The van der Waals surface area contributed by atoms with E-state index in [-0.39, 0.29) is 16.2 Å². The third kappa shape index (κ3) is 1.42. The van der Waals surface area contributed by atoms with Crippen molar-refractivity contribution in [1.29, 1.82) is 0 Å². The molecule has 0 unspecified atom stereocenters. The molecule has 15 heavy (non-hydrogen) atoms. The van der Waals surface area contributed by atoms with Gasteiger partial charge in [0, 0.05) is 0 Å². The van der Waals surface area contributed by atoms with Gasteiger partial charge in [0.05, 0.1) is 11.6 Å². The molecule has 0 spiro atoms. The zero-order valence-corrected chi connectivity index (χ0v) is 9.98. The smallest absolute Gasteiger partial charge is 0.270 e. The fourth-order valence-corrected chi connectivity index (χ4v) is 3.06. The van der Waals surface area contributed by atoms with Gasteiger partial charge in [-0.1, -0.05) is 0 Å². The molecular formula is C8H6BrNO4S. The Hall–Kier alpha value is -1.08. The van der Waals surface area contributed by atoms with E-state index in [9.17, 15) is 13.2 Å². The maximum Gasteiger partial charge on any atom is 0.270 e. The monoisotopic (exact) mass is 291 g/mol. The topological polar surface area (TPSA) is 72.5 Å². The van der Waals surface area contributed by atoms with Crippen molar-refractivity contribution in [3.8, 4) is 5.75 Å². The highest BCUT2D eigenvalue weighted by atomic mass is 79.9. The second-order valence-electron chi connectivity index (χ2n) is 2.89. The van der Waals surface area contributed by atoms with Gasteiger partial charge in [-0.05, 0) is 28.1 Å². The first-order valence-electron chi connectivity index (χ1n) is 3.91. The van der Waals surface area contributed by atoms with Crippen LogP contribution in [0, 0.1) is 0 Å². The molecule has 0 radical (unpaired) electrons. The number of fused-ring (bicyclic) bond motifs is 1. The van der Waals surface area contributed by atoms with Crippen molar-refractivity contribution in [2.75, 3.05) is 7.11 Å². The van der Waals surface area contributed by atoms with E-state index in [1.165, 1.54) is 19.2 Å². The minimum absolute atomic E-state index is 0.0480. The standard InChI is InChI=1S/C8H6BrNO4S/c1-14-7-4(9)2-3-5-6(7)8(11)10-15(5,12)13/h2-3H,1H3,(H,10,11). The van der Waals surface area contributed by atoms with Gasteiger partial charge in [0.15, 0.2) is 0 Å². The number of ether oxygens (including phenoxy) is 1. The Morgan fingerprint density at radius 2 is 2.07 bits per heavy atom. The van der Waals surface area contributed by atoms with Crippen molar-refractivity contribution in [3.05, 3.63) is 22.2 Å². The van der Waals surface area contributed by atoms with Gasteiger partial charge in [-0.25, -0.2) is 13.1 Å². The minimum atomic E-state index is -3.70. The quantitative estimate of drug-likeness (QED) is 0.834. The lowest BCUT2D eigenvalue weighted by molar-refractivity contribution is 0.0982. The van der Waals surface area contributed by atoms with E-state index in [1.807, 2.05) is 4.72 Å². The summed E-state index contributed by atoms with van der Waals surface area (Å²) in [5.41, 5.74) is 0.0480. The minimum Gasteiger partial charge on any atom is -0.495 e. The molecule has 0 fully saturated rings. The zero-order valence-electron chi connectivity index (χ0n) is 7.57. The van der Waals surface area contributed by atoms with E-state index in [1.54, 1.807) is 0 Å². The molecule has 1 amide bonds. The number of carbonyl (C=O) groups excluding carboxylic acids is 1. The van der Waals surface area contributed by atoms with Gasteiger partial charge >= 0.3 is 0 Å².